The molecule has 1 aromatic carbocycles. The first kappa shape index (κ1) is 15.7. The van der Waals surface area contributed by atoms with E-state index >= 15 is 0 Å². The molecule has 0 bridgehead atoms. The lowest BCUT2D eigenvalue weighted by Crippen LogP contribution is -2.39. The maximum atomic E-state index is 14.7. The van der Waals surface area contributed by atoms with E-state index in [9.17, 15) is 18.8 Å². The molecule has 3 aromatic rings. The zero-order valence-corrected chi connectivity index (χ0v) is 13.2. The van der Waals surface area contributed by atoms with Gasteiger partial charge in [-0.15, -0.1) is 6.42 Å². The number of benzene rings is 1. The Morgan fingerprint density at radius 2 is 2.08 bits per heavy atom. The average Bonchev–Trinajstić information content (AvgIpc) is 2.92. The largest absolute Gasteiger partial charge is 0.481 e. The summed E-state index contributed by atoms with van der Waals surface area (Å²) in [7, 11) is 0. The lowest BCUT2D eigenvalue weighted by Gasteiger charge is -2.28. The molecule has 1 aliphatic heterocycles. The van der Waals surface area contributed by atoms with Crippen molar-refractivity contribution >= 4 is 11.6 Å². The normalized spacial score (nSPS) is 13.4. The minimum Gasteiger partial charge on any atom is -0.481 e. The van der Waals surface area contributed by atoms with Crippen LogP contribution in [0, 0.1) is 18.2 Å². The summed E-state index contributed by atoms with van der Waals surface area (Å²) in [5.74, 6) is 1.51. The fourth-order valence-corrected chi connectivity index (χ4v) is 2.92. The van der Waals surface area contributed by atoms with Crippen molar-refractivity contribution in [1.82, 2.24) is 14.0 Å². The third kappa shape index (κ3) is 2.20. The molecule has 0 saturated heterocycles. The number of nitrogens with one attached hydrogen (secondary N) is 1. The first-order valence-corrected chi connectivity index (χ1v) is 7.54. The number of carbonyl (C=O) groups is 1. The minimum absolute atomic E-state index is 0.00593. The van der Waals surface area contributed by atoms with Gasteiger partial charge in [-0.2, -0.15) is 4.52 Å². The van der Waals surface area contributed by atoms with Crippen LogP contribution in [0.4, 0.5) is 10.1 Å². The molecule has 0 radical (unpaired) electrons. The van der Waals surface area contributed by atoms with Crippen LogP contribution in [0.3, 0.4) is 0 Å². The molecule has 0 aliphatic carbocycles. The number of terminal acetylenes is 1. The highest BCUT2D eigenvalue weighted by atomic mass is 19.1. The molecule has 0 fully saturated rings. The summed E-state index contributed by atoms with van der Waals surface area (Å²) in [6, 6.07) is 5.48. The molecule has 1 amide bonds. The summed E-state index contributed by atoms with van der Waals surface area (Å²) in [4.78, 5) is 39.3. The first-order chi connectivity index (χ1) is 12.5. The Morgan fingerprint density at radius 1 is 1.27 bits per heavy atom. The Bertz CT molecular complexity index is 1210. The number of fused-ring (bicyclic) bond motifs is 2. The van der Waals surface area contributed by atoms with Gasteiger partial charge in [0.1, 0.15) is 11.6 Å². The Labute approximate surface area is 145 Å². The highest BCUT2D eigenvalue weighted by Gasteiger charge is 2.27. The van der Waals surface area contributed by atoms with Crippen LogP contribution in [0.1, 0.15) is 0 Å². The second kappa shape index (κ2) is 5.63. The number of nitrogens with zero attached hydrogens (tertiary/aromatic N) is 3. The molecule has 1 aliphatic rings. The predicted octanol–water partition coefficient (Wildman–Crippen LogP) is 0.252. The number of aromatic nitrogens is 3. The number of aromatic amines is 1. The maximum absolute atomic E-state index is 14.7. The summed E-state index contributed by atoms with van der Waals surface area (Å²) >= 11 is 0. The molecule has 26 heavy (non-hydrogen) atoms. The molecular weight excluding hydrogens is 343 g/mol. The number of H-pyrrole nitrogens is 1. The summed E-state index contributed by atoms with van der Waals surface area (Å²) < 4.78 is 22.0. The molecule has 1 N–H and O–H groups in total. The predicted molar refractivity (Wildman–Crippen MR) is 89.8 cm³/mol. The summed E-state index contributed by atoms with van der Waals surface area (Å²) in [5.41, 5.74) is -0.917. The van der Waals surface area contributed by atoms with Crippen molar-refractivity contribution in [3.63, 3.8) is 0 Å². The molecule has 0 unspecified atom stereocenters. The van der Waals surface area contributed by atoms with Crippen molar-refractivity contribution in [2.24, 2.45) is 0 Å². The van der Waals surface area contributed by atoms with E-state index in [1.54, 1.807) is 0 Å². The smallest absolute Gasteiger partial charge is 0.349 e. The van der Waals surface area contributed by atoms with Gasteiger partial charge in [-0.05, 0) is 18.2 Å². The molecule has 0 atom stereocenters. The van der Waals surface area contributed by atoms with Gasteiger partial charge in [0.15, 0.2) is 6.61 Å². The number of ether oxygens (including phenoxy) is 1. The van der Waals surface area contributed by atoms with Crippen molar-refractivity contribution in [3.05, 3.63) is 57.2 Å². The van der Waals surface area contributed by atoms with Gasteiger partial charge >= 0.3 is 11.4 Å². The highest BCUT2D eigenvalue weighted by Crippen LogP contribution is 2.37. The lowest BCUT2D eigenvalue weighted by molar-refractivity contribution is -0.121. The van der Waals surface area contributed by atoms with Gasteiger partial charge in [-0.3, -0.25) is 14.7 Å². The quantitative estimate of drug-likeness (QED) is 0.669. The average molecular weight is 354 g/mol. The van der Waals surface area contributed by atoms with E-state index in [0.717, 1.165) is 15.1 Å². The van der Waals surface area contributed by atoms with E-state index in [1.165, 1.54) is 29.3 Å². The fourth-order valence-electron chi connectivity index (χ4n) is 2.92. The van der Waals surface area contributed by atoms with Crippen LogP contribution < -0.4 is 21.0 Å². The molecule has 4 rings (SSSR count). The van der Waals surface area contributed by atoms with Gasteiger partial charge in [0, 0.05) is 17.8 Å². The molecule has 0 saturated carbocycles. The molecule has 130 valence electrons. The number of amides is 1. The molecule has 0 spiro atoms. The number of hydrogen-bond donors (Lipinski definition) is 1. The van der Waals surface area contributed by atoms with Gasteiger partial charge < -0.3 is 4.74 Å². The SMILES string of the molecule is C#CCN1C(=O)COc2cc(F)c(-c3cccn4c(=O)[nH]c(=O)n34)cc21. The molecule has 8 nitrogen and oxygen atoms in total. The minimum atomic E-state index is -0.712. The number of anilines is 1. The molecule has 2 aromatic heterocycles. The van der Waals surface area contributed by atoms with Crippen LogP contribution in [0.15, 0.2) is 40.1 Å². The summed E-state index contributed by atoms with van der Waals surface area (Å²) in [6.45, 7) is -0.246. The van der Waals surface area contributed by atoms with Crippen LogP contribution in [0.25, 0.3) is 11.3 Å². The number of rotatable bonds is 2. The van der Waals surface area contributed by atoms with E-state index in [0.29, 0.717) is 5.69 Å². The van der Waals surface area contributed by atoms with Crippen LogP contribution in [0.2, 0.25) is 0 Å². The number of halogens is 1. The standard InChI is InChI=1S/C17H11FN4O4/c1-2-5-20-13-7-10(11(18)8-14(13)26-9-15(20)23)12-4-3-6-21-16(24)19-17(25)22(12)21/h1,3-4,6-8H,5,9H2,(H,19,24,25). The summed E-state index contributed by atoms with van der Waals surface area (Å²) in [6.07, 6.45) is 6.68. The first-order valence-electron chi connectivity index (χ1n) is 7.54. The van der Waals surface area contributed by atoms with E-state index in [1.807, 2.05) is 0 Å². The van der Waals surface area contributed by atoms with Gasteiger partial charge in [-0.1, -0.05) is 5.92 Å². The van der Waals surface area contributed by atoms with Crippen LogP contribution in [-0.2, 0) is 4.79 Å². The van der Waals surface area contributed by atoms with Gasteiger partial charge in [0.2, 0.25) is 0 Å². The molecule has 3 heterocycles. The van der Waals surface area contributed by atoms with Crippen molar-refractivity contribution in [2.45, 2.75) is 0 Å². The van der Waals surface area contributed by atoms with E-state index in [2.05, 4.69) is 10.9 Å². The zero-order chi connectivity index (χ0) is 18.4. The Hall–Kier alpha value is -3.80. The molecular formula is C17H11FN4O4. The van der Waals surface area contributed by atoms with E-state index in [-0.39, 0.29) is 36.1 Å². The van der Waals surface area contributed by atoms with Crippen LogP contribution in [0.5, 0.6) is 5.75 Å². The number of hydrogen-bond acceptors (Lipinski definition) is 4. The van der Waals surface area contributed by atoms with Gasteiger partial charge in [0.25, 0.3) is 5.91 Å². The highest BCUT2D eigenvalue weighted by molar-refractivity contribution is 5.99. The second-order valence-electron chi connectivity index (χ2n) is 5.56. The Morgan fingerprint density at radius 3 is 2.85 bits per heavy atom. The zero-order valence-electron chi connectivity index (χ0n) is 13.2. The van der Waals surface area contributed by atoms with Crippen LogP contribution in [-0.4, -0.2) is 33.1 Å². The van der Waals surface area contributed by atoms with Crippen molar-refractivity contribution in [3.8, 4) is 29.4 Å². The molecule has 9 heteroatoms. The van der Waals surface area contributed by atoms with Gasteiger partial charge in [0.05, 0.1) is 17.9 Å². The van der Waals surface area contributed by atoms with E-state index < -0.39 is 17.2 Å². The number of carbonyl (C=O) groups excluding carboxylic acids is 1. The van der Waals surface area contributed by atoms with Crippen molar-refractivity contribution < 1.29 is 13.9 Å². The lowest BCUT2D eigenvalue weighted by atomic mass is 10.1. The third-order valence-electron chi connectivity index (χ3n) is 4.06. The second-order valence-corrected chi connectivity index (χ2v) is 5.56. The van der Waals surface area contributed by atoms with Crippen molar-refractivity contribution in [1.29, 1.82) is 0 Å². The fraction of sp³-hybridized carbons (Fsp3) is 0.118. The summed E-state index contributed by atoms with van der Waals surface area (Å²) in [5, 5.41) is 0. The maximum Gasteiger partial charge on any atom is 0.349 e. The Kier molecular flexibility index (Phi) is 3.40. The van der Waals surface area contributed by atoms with E-state index in [4.69, 9.17) is 11.2 Å². The van der Waals surface area contributed by atoms with Crippen LogP contribution >= 0.6 is 0 Å². The topological polar surface area (TPSA) is 88.3 Å². The Balaban J connectivity index is 2.00. The third-order valence-corrected chi connectivity index (χ3v) is 4.06. The monoisotopic (exact) mass is 354 g/mol. The van der Waals surface area contributed by atoms with Crippen molar-refractivity contribution in [2.75, 3.05) is 18.1 Å². The van der Waals surface area contributed by atoms with Gasteiger partial charge in [-0.25, -0.2) is 18.5 Å².